The second-order valence-corrected chi connectivity index (χ2v) is 9.09. The SMILES string of the molecule is C[C@@H](NC(=O)c1ccn(-c2nc(-c3cnn(C)c3)cc(C(F)(F)F)n2)n1)[C@@H]1C[C@H]2CC[C@H]1C2. The smallest absolute Gasteiger partial charge is 0.348 e. The molecule has 2 aliphatic rings. The molecule has 2 saturated carbocycles. The van der Waals surface area contributed by atoms with Crippen LogP contribution in [0.15, 0.2) is 30.7 Å². The van der Waals surface area contributed by atoms with Crippen LogP contribution in [0.1, 0.15) is 48.8 Å². The highest BCUT2D eigenvalue weighted by Gasteiger charge is 2.42. The average Bonchev–Trinajstić information content (AvgIpc) is 3.56. The molecule has 33 heavy (non-hydrogen) atoms. The summed E-state index contributed by atoms with van der Waals surface area (Å²) < 4.78 is 43.0. The van der Waals surface area contributed by atoms with Crippen LogP contribution in [0.25, 0.3) is 17.2 Å². The van der Waals surface area contributed by atoms with Gasteiger partial charge in [-0.2, -0.15) is 23.4 Å². The Balaban J connectivity index is 1.39. The van der Waals surface area contributed by atoms with Gasteiger partial charge < -0.3 is 5.32 Å². The lowest BCUT2D eigenvalue weighted by atomic mass is 9.84. The van der Waals surface area contributed by atoms with Gasteiger partial charge in [0.25, 0.3) is 11.9 Å². The molecule has 4 atom stereocenters. The first-order valence-corrected chi connectivity index (χ1v) is 11.0. The fourth-order valence-electron chi connectivity index (χ4n) is 5.23. The number of aryl methyl sites for hydroxylation is 1. The van der Waals surface area contributed by atoms with Gasteiger partial charge in [0.1, 0.15) is 0 Å². The Hall–Kier alpha value is -3.24. The maximum absolute atomic E-state index is 13.5. The van der Waals surface area contributed by atoms with E-state index in [9.17, 15) is 18.0 Å². The third kappa shape index (κ3) is 4.23. The van der Waals surface area contributed by atoms with Crippen molar-refractivity contribution in [1.29, 1.82) is 0 Å². The molecule has 0 saturated heterocycles. The molecule has 0 aliphatic heterocycles. The first-order chi connectivity index (χ1) is 15.7. The van der Waals surface area contributed by atoms with E-state index in [4.69, 9.17) is 0 Å². The fraction of sp³-hybridized carbons (Fsp3) is 0.500. The Morgan fingerprint density at radius 1 is 1.24 bits per heavy atom. The molecule has 11 heteroatoms. The van der Waals surface area contributed by atoms with Crippen LogP contribution in [0.3, 0.4) is 0 Å². The molecule has 2 aliphatic carbocycles. The number of halogens is 3. The zero-order valence-corrected chi connectivity index (χ0v) is 18.3. The molecule has 3 aromatic rings. The summed E-state index contributed by atoms with van der Waals surface area (Å²) in [5.41, 5.74) is -0.519. The second-order valence-electron chi connectivity index (χ2n) is 9.09. The summed E-state index contributed by atoms with van der Waals surface area (Å²) in [6, 6.07) is 2.34. The molecular formula is C22H24F3N7O. The number of fused-ring (bicyclic) bond motifs is 2. The van der Waals surface area contributed by atoms with Gasteiger partial charge in [0.2, 0.25) is 0 Å². The van der Waals surface area contributed by atoms with Crippen molar-refractivity contribution >= 4 is 5.91 Å². The summed E-state index contributed by atoms with van der Waals surface area (Å²) in [6.07, 6.45) is 4.58. The lowest BCUT2D eigenvalue weighted by Crippen LogP contribution is -2.40. The summed E-state index contributed by atoms with van der Waals surface area (Å²) >= 11 is 0. The van der Waals surface area contributed by atoms with E-state index in [1.54, 1.807) is 13.2 Å². The largest absolute Gasteiger partial charge is 0.433 e. The monoisotopic (exact) mass is 459 g/mol. The Labute approximate surface area is 188 Å². The van der Waals surface area contributed by atoms with Gasteiger partial charge in [-0.25, -0.2) is 14.6 Å². The van der Waals surface area contributed by atoms with Gasteiger partial charge in [-0.15, -0.1) is 0 Å². The van der Waals surface area contributed by atoms with Crippen molar-refractivity contribution in [3.8, 4) is 17.2 Å². The summed E-state index contributed by atoms with van der Waals surface area (Å²) in [5, 5.41) is 11.2. The first kappa shape index (κ1) is 21.6. The van der Waals surface area contributed by atoms with Gasteiger partial charge in [-0.1, -0.05) is 6.42 Å². The summed E-state index contributed by atoms with van der Waals surface area (Å²) in [6.45, 7) is 2.01. The van der Waals surface area contributed by atoms with E-state index in [2.05, 4.69) is 25.5 Å². The Kier molecular flexibility index (Phi) is 5.21. The molecule has 5 rings (SSSR count). The van der Waals surface area contributed by atoms with Gasteiger partial charge in [-0.05, 0) is 56.1 Å². The number of carbonyl (C=O) groups excluding carboxylic acids is 1. The minimum absolute atomic E-state index is 0.0138. The number of hydrogen-bond acceptors (Lipinski definition) is 5. The number of rotatable bonds is 5. The highest BCUT2D eigenvalue weighted by molar-refractivity contribution is 5.92. The minimum Gasteiger partial charge on any atom is -0.348 e. The van der Waals surface area contributed by atoms with Gasteiger partial charge >= 0.3 is 6.18 Å². The highest BCUT2D eigenvalue weighted by atomic mass is 19.4. The summed E-state index contributed by atoms with van der Waals surface area (Å²) in [7, 11) is 1.66. The van der Waals surface area contributed by atoms with E-state index in [1.165, 1.54) is 42.4 Å². The molecule has 2 fully saturated rings. The molecule has 8 nitrogen and oxygen atoms in total. The van der Waals surface area contributed by atoms with Crippen molar-refractivity contribution in [3.05, 3.63) is 42.1 Å². The minimum atomic E-state index is -4.67. The van der Waals surface area contributed by atoms with Crippen LogP contribution in [0.2, 0.25) is 0 Å². The average molecular weight is 459 g/mol. The fourth-order valence-corrected chi connectivity index (χ4v) is 5.23. The van der Waals surface area contributed by atoms with E-state index in [-0.39, 0.29) is 29.3 Å². The van der Waals surface area contributed by atoms with Gasteiger partial charge in [0.05, 0.1) is 11.9 Å². The van der Waals surface area contributed by atoms with Crippen molar-refractivity contribution in [1.82, 2.24) is 34.8 Å². The molecular weight excluding hydrogens is 435 g/mol. The van der Waals surface area contributed by atoms with Crippen molar-refractivity contribution < 1.29 is 18.0 Å². The number of nitrogens with one attached hydrogen (secondary N) is 1. The molecule has 1 amide bonds. The predicted octanol–water partition coefficient (Wildman–Crippen LogP) is 3.64. The number of amides is 1. The van der Waals surface area contributed by atoms with Gasteiger partial charge in [-0.3, -0.25) is 9.48 Å². The quantitative estimate of drug-likeness (QED) is 0.629. The van der Waals surface area contributed by atoms with E-state index in [0.717, 1.165) is 23.1 Å². The zero-order valence-electron chi connectivity index (χ0n) is 18.3. The van der Waals surface area contributed by atoms with E-state index in [1.807, 2.05) is 6.92 Å². The second kappa shape index (κ2) is 7.96. The standard InChI is InChI=1S/C22H24F3N7O/c1-12(16-8-13-3-4-14(16)7-13)27-20(33)17-5-6-32(30-17)21-28-18(15-10-26-31(2)11-15)9-19(29-21)22(23,24)25/h5-6,9-14,16H,3-4,7-8H2,1-2H3,(H,27,33)/t12-,13+,14+,16+/m1/s1. The van der Waals surface area contributed by atoms with Crippen LogP contribution in [0.4, 0.5) is 13.2 Å². The lowest BCUT2D eigenvalue weighted by Gasteiger charge is -2.28. The maximum Gasteiger partial charge on any atom is 0.433 e. The molecule has 3 heterocycles. The number of hydrogen-bond donors (Lipinski definition) is 1. The molecule has 2 bridgehead atoms. The number of carbonyl (C=O) groups is 1. The molecule has 3 aromatic heterocycles. The van der Waals surface area contributed by atoms with Crippen molar-refractivity contribution in [2.75, 3.05) is 0 Å². The molecule has 1 N–H and O–H groups in total. The number of alkyl halides is 3. The third-order valence-electron chi connectivity index (χ3n) is 6.83. The lowest BCUT2D eigenvalue weighted by molar-refractivity contribution is -0.141. The predicted molar refractivity (Wildman–Crippen MR) is 112 cm³/mol. The maximum atomic E-state index is 13.5. The zero-order chi connectivity index (χ0) is 23.3. The van der Waals surface area contributed by atoms with Crippen LogP contribution in [-0.4, -0.2) is 41.5 Å². The molecule has 0 spiro atoms. The molecule has 0 aromatic carbocycles. The van der Waals surface area contributed by atoms with Crippen molar-refractivity contribution in [3.63, 3.8) is 0 Å². The molecule has 174 valence electrons. The summed E-state index contributed by atoms with van der Waals surface area (Å²) in [5.74, 6) is 1.26. The highest BCUT2D eigenvalue weighted by Crippen LogP contribution is 2.49. The van der Waals surface area contributed by atoms with E-state index >= 15 is 0 Å². The van der Waals surface area contributed by atoms with Gasteiger partial charge in [0.15, 0.2) is 11.4 Å². The van der Waals surface area contributed by atoms with Crippen LogP contribution in [0, 0.1) is 17.8 Å². The van der Waals surface area contributed by atoms with Crippen LogP contribution in [0.5, 0.6) is 0 Å². The van der Waals surface area contributed by atoms with Crippen LogP contribution >= 0.6 is 0 Å². The van der Waals surface area contributed by atoms with E-state index < -0.39 is 11.9 Å². The Bertz CT molecular complexity index is 1180. The topological polar surface area (TPSA) is 90.5 Å². The Morgan fingerprint density at radius 3 is 2.70 bits per heavy atom. The summed E-state index contributed by atoms with van der Waals surface area (Å²) in [4.78, 5) is 20.6. The van der Waals surface area contributed by atoms with E-state index in [0.29, 0.717) is 17.4 Å². The number of nitrogens with zero attached hydrogens (tertiary/aromatic N) is 6. The first-order valence-electron chi connectivity index (χ1n) is 11.0. The van der Waals surface area contributed by atoms with Gasteiger partial charge in [0, 0.05) is 31.0 Å². The number of aromatic nitrogens is 6. The van der Waals surface area contributed by atoms with Crippen LogP contribution in [-0.2, 0) is 13.2 Å². The molecule has 0 radical (unpaired) electrons. The third-order valence-corrected chi connectivity index (χ3v) is 6.83. The molecule has 0 unspecified atom stereocenters. The normalized spacial score (nSPS) is 23.1. The Morgan fingerprint density at radius 2 is 2.06 bits per heavy atom. The van der Waals surface area contributed by atoms with Crippen molar-refractivity contribution in [2.24, 2.45) is 24.8 Å². The van der Waals surface area contributed by atoms with Crippen molar-refractivity contribution in [2.45, 2.75) is 44.8 Å². The van der Waals surface area contributed by atoms with Crippen LogP contribution < -0.4 is 5.32 Å².